The van der Waals surface area contributed by atoms with Crippen LogP contribution >= 0.6 is 0 Å². The van der Waals surface area contributed by atoms with E-state index >= 15 is 0 Å². The highest BCUT2D eigenvalue weighted by molar-refractivity contribution is 7.90. The van der Waals surface area contributed by atoms with E-state index in [-0.39, 0.29) is 5.41 Å². The Bertz CT molecular complexity index is 750. The van der Waals surface area contributed by atoms with E-state index in [4.69, 9.17) is 0 Å². The Morgan fingerprint density at radius 1 is 1.20 bits per heavy atom. The summed E-state index contributed by atoms with van der Waals surface area (Å²) >= 11 is 0. The summed E-state index contributed by atoms with van der Waals surface area (Å²) in [5.74, 6) is 0.514. The third-order valence-corrected chi connectivity index (χ3v) is 5.65. The number of fused-ring (bicyclic) bond motifs is 1. The molecule has 0 aliphatic heterocycles. The topological polar surface area (TPSA) is 52.0 Å². The quantitative estimate of drug-likeness (QED) is 0.854. The molecule has 0 fully saturated rings. The van der Waals surface area contributed by atoms with Gasteiger partial charge in [-0.3, -0.25) is 0 Å². The predicted octanol–water partition coefficient (Wildman–Crippen LogP) is 3.23. The molecule has 1 aromatic carbocycles. The van der Waals surface area contributed by atoms with Gasteiger partial charge in [0.25, 0.3) is 0 Å². The lowest BCUT2D eigenvalue weighted by atomic mass is 9.87. The van der Waals surface area contributed by atoms with Gasteiger partial charge in [0, 0.05) is 0 Å². The van der Waals surface area contributed by atoms with Crippen molar-refractivity contribution in [2.45, 2.75) is 52.2 Å². The van der Waals surface area contributed by atoms with Crippen LogP contribution in [0.25, 0.3) is 11.0 Å². The minimum absolute atomic E-state index is 0.0290. The van der Waals surface area contributed by atoms with E-state index in [0.717, 1.165) is 11.1 Å². The summed E-state index contributed by atoms with van der Waals surface area (Å²) in [6.07, 6.45) is 0. The molecule has 0 spiro atoms. The van der Waals surface area contributed by atoms with Crippen LogP contribution in [-0.4, -0.2) is 22.6 Å². The molecule has 20 heavy (non-hydrogen) atoms. The van der Waals surface area contributed by atoms with E-state index in [0.29, 0.717) is 11.3 Å². The van der Waals surface area contributed by atoms with Crippen molar-refractivity contribution >= 4 is 21.1 Å². The van der Waals surface area contributed by atoms with Crippen molar-refractivity contribution in [3.63, 3.8) is 0 Å². The van der Waals surface area contributed by atoms with Crippen LogP contribution in [0.5, 0.6) is 0 Å². The summed E-state index contributed by atoms with van der Waals surface area (Å²) in [7, 11) is -3.40. The van der Waals surface area contributed by atoms with Crippen molar-refractivity contribution in [2.75, 3.05) is 0 Å². The highest BCUT2D eigenvalue weighted by atomic mass is 32.2. The van der Waals surface area contributed by atoms with Crippen LogP contribution in [0.3, 0.4) is 0 Å². The van der Waals surface area contributed by atoms with Gasteiger partial charge in [-0.2, -0.15) is 0 Å². The van der Waals surface area contributed by atoms with E-state index in [2.05, 4.69) is 25.8 Å². The van der Waals surface area contributed by atoms with Gasteiger partial charge in [-0.1, -0.05) is 26.8 Å². The first-order valence-electron chi connectivity index (χ1n) is 6.79. The summed E-state index contributed by atoms with van der Waals surface area (Å²) in [6.45, 7) is 11.4. The Balaban J connectivity index is 2.82. The number of hydrogen-bond acceptors (Lipinski definition) is 3. The molecule has 0 unspecified atom stereocenters. The normalized spacial score (nSPS) is 13.3. The second kappa shape index (κ2) is 4.58. The SMILES string of the molecule is Cc1nc2ccc(C(C)(C)C)cc2n1S(=O)(=O)C(C)C. The minimum atomic E-state index is -3.40. The van der Waals surface area contributed by atoms with Crippen LogP contribution in [0.2, 0.25) is 0 Å². The zero-order valence-electron chi connectivity index (χ0n) is 12.9. The molecule has 110 valence electrons. The molecule has 2 rings (SSSR count). The third kappa shape index (κ3) is 2.35. The van der Waals surface area contributed by atoms with Crippen molar-refractivity contribution in [3.05, 3.63) is 29.6 Å². The van der Waals surface area contributed by atoms with Gasteiger partial charge in [0.2, 0.25) is 10.0 Å². The Hall–Kier alpha value is -1.36. The van der Waals surface area contributed by atoms with Crippen molar-refractivity contribution < 1.29 is 8.42 Å². The fourth-order valence-corrected chi connectivity index (χ4v) is 3.42. The van der Waals surface area contributed by atoms with Crippen molar-refractivity contribution in [1.29, 1.82) is 0 Å². The highest BCUT2D eigenvalue weighted by Crippen LogP contribution is 2.28. The van der Waals surface area contributed by atoms with Gasteiger partial charge in [0.05, 0.1) is 16.3 Å². The highest BCUT2D eigenvalue weighted by Gasteiger charge is 2.24. The lowest BCUT2D eigenvalue weighted by molar-refractivity contribution is 0.577. The summed E-state index contributed by atoms with van der Waals surface area (Å²) in [5, 5.41) is -0.475. The van der Waals surface area contributed by atoms with Crippen LogP contribution in [0, 0.1) is 6.92 Å². The number of rotatable bonds is 2. The van der Waals surface area contributed by atoms with Crippen LogP contribution in [0.1, 0.15) is 46.0 Å². The van der Waals surface area contributed by atoms with E-state index in [1.165, 1.54) is 3.97 Å². The lowest BCUT2D eigenvalue weighted by Gasteiger charge is -2.19. The monoisotopic (exact) mass is 294 g/mol. The van der Waals surface area contributed by atoms with Gasteiger partial charge in [0.1, 0.15) is 5.82 Å². The molecular formula is C15H22N2O2S. The molecule has 0 N–H and O–H groups in total. The number of imidazole rings is 1. The minimum Gasteiger partial charge on any atom is -0.232 e. The molecule has 0 amide bonds. The first-order chi connectivity index (χ1) is 9.05. The maximum absolute atomic E-state index is 12.5. The molecule has 0 atom stereocenters. The van der Waals surface area contributed by atoms with E-state index in [1.54, 1.807) is 20.8 Å². The van der Waals surface area contributed by atoms with Crippen LogP contribution in [-0.2, 0) is 15.4 Å². The van der Waals surface area contributed by atoms with Crippen LogP contribution in [0.15, 0.2) is 18.2 Å². The van der Waals surface area contributed by atoms with Gasteiger partial charge in [-0.25, -0.2) is 17.4 Å². The maximum Gasteiger partial charge on any atom is 0.242 e. The molecule has 0 bridgehead atoms. The van der Waals surface area contributed by atoms with E-state index < -0.39 is 15.3 Å². The van der Waals surface area contributed by atoms with Crippen LogP contribution < -0.4 is 0 Å². The molecule has 0 saturated carbocycles. The fraction of sp³-hybridized carbons (Fsp3) is 0.533. The number of benzene rings is 1. The maximum atomic E-state index is 12.5. The second-order valence-corrected chi connectivity index (χ2v) is 8.81. The van der Waals surface area contributed by atoms with Crippen molar-refractivity contribution in [3.8, 4) is 0 Å². The zero-order chi connectivity index (χ0) is 15.3. The molecule has 1 aromatic heterocycles. The van der Waals surface area contributed by atoms with Gasteiger partial charge < -0.3 is 0 Å². The molecule has 0 radical (unpaired) electrons. The smallest absolute Gasteiger partial charge is 0.232 e. The fourth-order valence-electron chi connectivity index (χ4n) is 2.17. The largest absolute Gasteiger partial charge is 0.242 e. The van der Waals surface area contributed by atoms with Gasteiger partial charge in [-0.15, -0.1) is 0 Å². The summed E-state index contributed by atoms with van der Waals surface area (Å²) in [6, 6.07) is 5.85. The Morgan fingerprint density at radius 3 is 2.30 bits per heavy atom. The number of hydrogen-bond donors (Lipinski definition) is 0. The summed E-state index contributed by atoms with van der Waals surface area (Å²) in [5.41, 5.74) is 2.46. The van der Waals surface area contributed by atoms with Gasteiger partial charge in [0.15, 0.2) is 0 Å². The van der Waals surface area contributed by atoms with E-state index in [9.17, 15) is 8.42 Å². The molecule has 0 saturated heterocycles. The Morgan fingerprint density at radius 2 is 1.80 bits per heavy atom. The first kappa shape index (κ1) is 15.0. The molecule has 0 aliphatic rings. The molecular weight excluding hydrogens is 272 g/mol. The molecule has 5 heteroatoms. The number of aryl methyl sites for hydroxylation is 1. The van der Waals surface area contributed by atoms with Crippen molar-refractivity contribution in [2.24, 2.45) is 0 Å². The molecule has 2 aromatic rings. The first-order valence-corrected chi connectivity index (χ1v) is 8.29. The van der Waals surface area contributed by atoms with Crippen LogP contribution in [0.4, 0.5) is 0 Å². The Kier molecular flexibility index (Phi) is 3.45. The molecule has 0 aliphatic carbocycles. The van der Waals surface area contributed by atoms with Gasteiger partial charge >= 0.3 is 0 Å². The Labute approximate surface area is 120 Å². The van der Waals surface area contributed by atoms with Crippen molar-refractivity contribution in [1.82, 2.24) is 8.96 Å². The molecule has 1 heterocycles. The average Bonchev–Trinajstić information content (AvgIpc) is 2.62. The number of nitrogens with zero attached hydrogens (tertiary/aromatic N) is 2. The predicted molar refractivity (Wildman–Crippen MR) is 82.6 cm³/mol. The third-order valence-electron chi connectivity index (χ3n) is 3.49. The summed E-state index contributed by atoms with van der Waals surface area (Å²) in [4.78, 5) is 4.37. The number of aromatic nitrogens is 2. The lowest BCUT2D eigenvalue weighted by Crippen LogP contribution is -2.23. The van der Waals surface area contributed by atoms with E-state index in [1.807, 2.05) is 18.2 Å². The summed E-state index contributed by atoms with van der Waals surface area (Å²) < 4.78 is 26.4. The van der Waals surface area contributed by atoms with Gasteiger partial charge in [-0.05, 0) is 43.9 Å². The standard InChI is InChI=1S/C15H22N2O2S/c1-10(2)20(18,19)17-11(3)16-13-8-7-12(9-14(13)17)15(4,5)6/h7-10H,1-6H3. The second-order valence-electron chi connectivity index (χ2n) is 6.47. The molecule has 4 nitrogen and oxygen atoms in total. The zero-order valence-corrected chi connectivity index (χ0v) is 13.7. The average molecular weight is 294 g/mol.